The van der Waals surface area contributed by atoms with Gasteiger partial charge in [-0.05, 0) is 36.4 Å². The van der Waals surface area contributed by atoms with E-state index < -0.39 is 0 Å². The molecule has 0 saturated heterocycles. The van der Waals surface area contributed by atoms with E-state index in [0.29, 0.717) is 19.1 Å². The van der Waals surface area contributed by atoms with Crippen molar-refractivity contribution >= 4 is 17.4 Å². The number of hydrogen-bond acceptors (Lipinski definition) is 4. The summed E-state index contributed by atoms with van der Waals surface area (Å²) in [5, 5.41) is 7.94. The summed E-state index contributed by atoms with van der Waals surface area (Å²) in [6.45, 7) is 5.34. The third kappa shape index (κ3) is 3.69. The summed E-state index contributed by atoms with van der Waals surface area (Å²) in [5.74, 6) is 0. The minimum absolute atomic E-state index is 0.138. The molecular formula is C16H21N3O2S. The predicted molar refractivity (Wildman–Crippen MR) is 86.8 cm³/mol. The highest BCUT2D eigenvalue weighted by Crippen LogP contribution is 2.24. The van der Waals surface area contributed by atoms with Crippen LogP contribution >= 0.6 is 11.3 Å². The van der Waals surface area contributed by atoms with E-state index in [1.54, 1.807) is 12.5 Å². The molecule has 118 valence electrons. The fourth-order valence-electron chi connectivity index (χ4n) is 2.65. The second-order valence-electron chi connectivity index (χ2n) is 5.63. The maximum absolute atomic E-state index is 11.8. The van der Waals surface area contributed by atoms with Crippen molar-refractivity contribution in [3.63, 3.8) is 0 Å². The minimum atomic E-state index is -0.138. The number of carbonyl (C=O) groups is 1. The van der Waals surface area contributed by atoms with E-state index in [2.05, 4.69) is 33.9 Å². The lowest BCUT2D eigenvalue weighted by molar-refractivity contribution is 0.186. The first-order valence-electron chi connectivity index (χ1n) is 7.54. The van der Waals surface area contributed by atoms with Gasteiger partial charge < -0.3 is 15.1 Å². The molecule has 2 aromatic rings. The van der Waals surface area contributed by atoms with E-state index in [4.69, 9.17) is 4.42 Å². The number of fused-ring (bicyclic) bond motifs is 1. The van der Waals surface area contributed by atoms with Crippen LogP contribution in [0.15, 0.2) is 34.5 Å². The van der Waals surface area contributed by atoms with Gasteiger partial charge in [-0.25, -0.2) is 4.79 Å². The molecule has 0 aromatic carbocycles. The largest absolute Gasteiger partial charge is 0.472 e. The van der Waals surface area contributed by atoms with Gasteiger partial charge in [0.1, 0.15) is 0 Å². The molecule has 3 heterocycles. The van der Waals surface area contributed by atoms with Crippen LogP contribution in [0.3, 0.4) is 0 Å². The molecule has 0 bridgehead atoms. The Hall–Kier alpha value is -1.79. The molecule has 1 aliphatic rings. The van der Waals surface area contributed by atoms with Crippen LogP contribution in [0.4, 0.5) is 4.79 Å². The summed E-state index contributed by atoms with van der Waals surface area (Å²) in [7, 11) is 0. The average Bonchev–Trinajstić information content (AvgIpc) is 3.20. The van der Waals surface area contributed by atoms with Crippen molar-refractivity contribution in [2.24, 2.45) is 0 Å². The third-order valence-electron chi connectivity index (χ3n) is 4.05. The molecule has 0 fully saturated rings. The molecule has 0 radical (unpaired) electrons. The number of urea groups is 1. The molecule has 5 nitrogen and oxygen atoms in total. The first kappa shape index (κ1) is 15.1. The third-order valence-corrected chi connectivity index (χ3v) is 5.07. The molecule has 1 unspecified atom stereocenters. The predicted octanol–water partition coefficient (Wildman–Crippen LogP) is 2.59. The van der Waals surface area contributed by atoms with Gasteiger partial charge in [-0.2, -0.15) is 0 Å². The molecule has 1 aliphatic heterocycles. The van der Waals surface area contributed by atoms with E-state index >= 15 is 0 Å². The number of furan rings is 1. The van der Waals surface area contributed by atoms with Gasteiger partial charge in [0.05, 0.1) is 12.5 Å². The highest BCUT2D eigenvalue weighted by Gasteiger charge is 2.21. The van der Waals surface area contributed by atoms with E-state index in [1.165, 1.54) is 10.4 Å². The SMILES string of the molecule is CC(CNC(=O)NCc1ccoc1)N1CCc2sccc2C1. The number of carbonyl (C=O) groups excluding carboxylic acids is 1. The van der Waals surface area contributed by atoms with Gasteiger partial charge in [-0.1, -0.05) is 0 Å². The summed E-state index contributed by atoms with van der Waals surface area (Å²) < 4.78 is 4.97. The van der Waals surface area contributed by atoms with Gasteiger partial charge in [-0.3, -0.25) is 4.90 Å². The highest BCUT2D eigenvalue weighted by molar-refractivity contribution is 7.10. The van der Waals surface area contributed by atoms with Crippen LogP contribution in [0.5, 0.6) is 0 Å². The Morgan fingerprint density at radius 2 is 2.36 bits per heavy atom. The number of thiophene rings is 1. The highest BCUT2D eigenvalue weighted by atomic mass is 32.1. The van der Waals surface area contributed by atoms with Crippen LogP contribution < -0.4 is 10.6 Å². The molecular weight excluding hydrogens is 298 g/mol. The van der Waals surface area contributed by atoms with Crippen LogP contribution in [0, 0.1) is 0 Å². The topological polar surface area (TPSA) is 57.5 Å². The summed E-state index contributed by atoms with van der Waals surface area (Å²) in [6.07, 6.45) is 4.35. The molecule has 3 rings (SSSR count). The van der Waals surface area contributed by atoms with Crippen molar-refractivity contribution in [1.82, 2.24) is 15.5 Å². The lowest BCUT2D eigenvalue weighted by Crippen LogP contribution is -2.46. The number of nitrogens with zero attached hydrogens (tertiary/aromatic N) is 1. The van der Waals surface area contributed by atoms with Crippen molar-refractivity contribution in [1.29, 1.82) is 0 Å². The fourth-order valence-corrected chi connectivity index (χ4v) is 3.54. The van der Waals surface area contributed by atoms with E-state index in [-0.39, 0.29) is 6.03 Å². The molecule has 0 saturated carbocycles. The molecule has 2 N–H and O–H groups in total. The number of amides is 2. The molecule has 2 aromatic heterocycles. The quantitative estimate of drug-likeness (QED) is 0.890. The van der Waals surface area contributed by atoms with E-state index in [0.717, 1.165) is 25.1 Å². The van der Waals surface area contributed by atoms with Gasteiger partial charge in [0.25, 0.3) is 0 Å². The Labute approximate surface area is 134 Å². The van der Waals surface area contributed by atoms with Crippen molar-refractivity contribution in [2.75, 3.05) is 13.1 Å². The van der Waals surface area contributed by atoms with Crippen molar-refractivity contribution in [2.45, 2.75) is 32.5 Å². The molecule has 0 spiro atoms. The Kier molecular flexibility index (Phi) is 4.80. The number of rotatable bonds is 5. The van der Waals surface area contributed by atoms with Crippen molar-refractivity contribution < 1.29 is 9.21 Å². The molecule has 22 heavy (non-hydrogen) atoms. The van der Waals surface area contributed by atoms with Crippen molar-refractivity contribution in [3.05, 3.63) is 46.0 Å². The molecule has 1 atom stereocenters. The second kappa shape index (κ2) is 6.98. The second-order valence-corrected chi connectivity index (χ2v) is 6.63. The number of nitrogens with one attached hydrogen (secondary N) is 2. The Balaban J connectivity index is 1.40. The van der Waals surface area contributed by atoms with Gasteiger partial charge in [0.2, 0.25) is 0 Å². The first-order chi connectivity index (χ1) is 10.7. The Bertz CT molecular complexity index is 609. The summed E-state index contributed by atoms with van der Waals surface area (Å²) in [5.41, 5.74) is 2.40. The minimum Gasteiger partial charge on any atom is -0.472 e. The maximum Gasteiger partial charge on any atom is 0.315 e. The summed E-state index contributed by atoms with van der Waals surface area (Å²) in [6, 6.07) is 4.24. The van der Waals surface area contributed by atoms with E-state index in [9.17, 15) is 4.79 Å². The standard InChI is InChI=1S/C16H21N3O2S/c1-12(19-5-2-15-14(10-19)4-7-22-15)8-17-16(20)18-9-13-3-6-21-11-13/h3-4,6-7,11-12H,2,5,8-10H2,1H3,(H2,17,18,20). The van der Waals surface area contributed by atoms with Gasteiger partial charge in [0.15, 0.2) is 0 Å². The average molecular weight is 319 g/mol. The summed E-state index contributed by atoms with van der Waals surface area (Å²) >= 11 is 1.85. The molecule has 0 aliphatic carbocycles. The van der Waals surface area contributed by atoms with Crippen LogP contribution in [0.1, 0.15) is 22.9 Å². The van der Waals surface area contributed by atoms with Crippen LogP contribution in [-0.4, -0.2) is 30.1 Å². The smallest absolute Gasteiger partial charge is 0.315 e. The van der Waals surface area contributed by atoms with Crippen LogP contribution in [0.2, 0.25) is 0 Å². The fraction of sp³-hybridized carbons (Fsp3) is 0.438. The monoisotopic (exact) mass is 319 g/mol. The maximum atomic E-state index is 11.8. The number of hydrogen-bond donors (Lipinski definition) is 2. The lowest BCUT2D eigenvalue weighted by Gasteiger charge is -2.32. The van der Waals surface area contributed by atoms with Crippen LogP contribution in [0.25, 0.3) is 0 Å². The zero-order chi connectivity index (χ0) is 15.4. The lowest BCUT2D eigenvalue weighted by atomic mass is 10.1. The molecule has 2 amide bonds. The van der Waals surface area contributed by atoms with Gasteiger partial charge in [0, 0.05) is 42.7 Å². The van der Waals surface area contributed by atoms with E-state index in [1.807, 2.05) is 17.4 Å². The zero-order valence-electron chi connectivity index (χ0n) is 12.7. The Morgan fingerprint density at radius 3 is 3.18 bits per heavy atom. The zero-order valence-corrected chi connectivity index (χ0v) is 13.5. The Morgan fingerprint density at radius 1 is 1.45 bits per heavy atom. The van der Waals surface area contributed by atoms with Gasteiger partial charge >= 0.3 is 6.03 Å². The van der Waals surface area contributed by atoms with Crippen molar-refractivity contribution in [3.8, 4) is 0 Å². The van der Waals surface area contributed by atoms with Gasteiger partial charge in [-0.15, -0.1) is 11.3 Å². The van der Waals surface area contributed by atoms with Crippen LogP contribution in [-0.2, 0) is 19.5 Å². The first-order valence-corrected chi connectivity index (χ1v) is 8.42. The molecule has 6 heteroatoms. The summed E-state index contributed by atoms with van der Waals surface area (Å²) in [4.78, 5) is 15.7. The normalized spacial score (nSPS) is 16.0.